The third-order valence-corrected chi connectivity index (χ3v) is 4.85. The predicted molar refractivity (Wildman–Crippen MR) is 106 cm³/mol. The minimum Gasteiger partial charge on any atom is -0.377 e. The Morgan fingerprint density at radius 3 is 2.44 bits per heavy atom. The van der Waals surface area contributed by atoms with E-state index in [0.29, 0.717) is 12.1 Å². The van der Waals surface area contributed by atoms with Gasteiger partial charge in [-0.25, -0.2) is 22.8 Å². The van der Waals surface area contributed by atoms with E-state index in [2.05, 4.69) is 37.3 Å². The quantitative estimate of drug-likeness (QED) is 0.355. The van der Waals surface area contributed by atoms with Crippen molar-refractivity contribution in [2.75, 3.05) is 0 Å². The van der Waals surface area contributed by atoms with E-state index in [1.54, 1.807) is 0 Å². The van der Waals surface area contributed by atoms with Crippen LogP contribution in [0.1, 0.15) is 22.5 Å². The maximum atomic E-state index is 15.6. The number of pyridine rings is 2. The second-order valence-electron chi connectivity index (χ2n) is 7.08. The van der Waals surface area contributed by atoms with E-state index >= 15 is 8.78 Å². The molecule has 7 nitrogen and oxygen atoms in total. The number of alkyl halides is 2. The standard InChI is InChI=1S/C22H13F5N6O/c23-15-5-6-16(18(25)10-15)21(34,12-33-13-30-31-32-33)22(26,27)20-8-4-14(11-29-20)3-7-19-17(24)2-1-9-28-19/h1-2,4-6,8-11,13,34H,12H2. The van der Waals surface area contributed by atoms with E-state index in [1.165, 1.54) is 24.4 Å². The van der Waals surface area contributed by atoms with Gasteiger partial charge in [0.1, 0.15) is 29.3 Å². The minimum atomic E-state index is -4.20. The average Bonchev–Trinajstić information content (AvgIpc) is 3.31. The molecule has 0 amide bonds. The van der Waals surface area contributed by atoms with Gasteiger partial charge in [-0.15, -0.1) is 5.10 Å². The number of aliphatic hydroxyl groups is 1. The molecule has 3 heterocycles. The summed E-state index contributed by atoms with van der Waals surface area (Å²) >= 11 is 0. The van der Waals surface area contributed by atoms with Crippen LogP contribution in [-0.4, -0.2) is 35.3 Å². The summed E-state index contributed by atoms with van der Waals surface area (Å²) in [6.07, 6.45) is 3.27. The van der Waals surface area contributed by atoms with Gasteiger partial charge >= 0.3 is 5.92 Å². The van der Waals surface area contributed by atoms with Crippen molar-refractivity contribution in [3.8, 4) is 11.8 Å². The summed E-state index contributed by atoms with van der Waals surface area (Å²) in [4.78, 5) is 7.43. The van der Waals surface area contributed by atoms with Gasteiger partial charge in [0.05, 0.1) is 6.54 Å². The number of nitrogens with zero attached hydrogens (tertiary/aromatic N) is 6. The number of hydrogen-bond donors (Lipinski definition) is 1. The second-order valence-corrected chi connectivity index (χ2v) is 7.08. The average molecular weight is 472 g/mol. The van der Waals surface area contributed by atoms with E-state index in [-0.39, 0.29) is 11.3 Å². The Balaban J connectivity index is 1.72. The van der Waals surface area contributed by atoms with Gasteiger partial charge in [-0.2, -0.15) is 8.78 Å². The summed E-state index contributed by atoms with van der Waals surface area (Å²) < 4.78 is 73.6. The fourth-order valence-corrected chi connectivity index (χ4v) is 3.14. The number of halogens is 5. The van der Waals surface area contributed by atoms with Crippen molar-refractivity contribution in [2.45, 2.75) is 18.1 Å². The molecule has 0 spiro atoms. The molecule has 1 aromatic carbocycles. The van der Waals surface area contributed by atoms with Crippen LogP contribution in [0.4, 0.5) is 22.0 Å². The highest BCUT2D eigenvalue weighted by Crippen LogP contribution is 2.46. The van der Waals surface area contributed by atoms with Crippen LogP contribution in [0.5, 0.6) is 0 Å². The summed E-state index contributed by atoms with van der Waals surface area (Å²) in [6, 6.07) is 6.43. The molecule has 1 atom stereocenters. The van der Waals surface area contributed by atoms with Crippen LogP contribution in [0.3, 0.4) is 0 Å². The van der Waals surface area contributed by atoms with Gasteiger partial charge in [-0.3, -0.25) is 4.98 Å². The maximum Gasteiger partial charge on any atom is 0.323 e. The normalized spacial score (nSPS) is 13.1. The van der Waals surface area contributed by atoms with Crippen LogP contribution in [0.2, 0.25) is 0 Å². The first-order valence-corrected chi connectivity index (χ1v) is 9.56. The molecule has 0 radical (unpaired) electrons. The van der Waals surface area contributed by atoms with Crippen molar-refractivity contribution in [1.29, 1.82) is 0 Å². The molecular formula is C22H13F5N6O. The molecule has 34 heavy (non-hydrogen) atoms. The molecule has 0 saturated carbocycles. The molecule has 4 rings (SSSR count). The largest absolute Gasteiger partial charge is 0.377 e. The van der Waals surface area contributed by atoms with Crippen LogP contribution >= 0.6 is 0 Å². The maximum absolute atomic E-state index is 15.6. The van der Waals surface area contributed by atoms with Gasteiger partial charge < -0.3 is 5.11 Å². The zero-order valence-corrected chi connectivity index (χ0v) is 17.0. The summed E-state index contributed by atoms with van der Waals surface area (Å²) in [7, 11) is 0. The highest BCUT2D eigenvalue weighted by Gasteiger charge is 2.57. The van der Waals surface area contributed by atoms with Crippen molar-refractivity contribution in [3.05, 3.63) is 101 Å². The number of rotatable bonds is 5. The van der Waals surface area contributed by atoms with E-state index in [1.807, 2.05) is 0 Å². The number of benzene rings is 1. The molecule has 0 aliphatic rings. The van der Waals surface area contributed by atoms with Crippen LogP contribution in [0.15, 0.2) is 61.2 Å². The van der Waals surface area contributed by atoms with E-state index in [9.17, 15) is 18.3 Å². The zero-order valence-electron chi connectivity index (χ0n) is 17.0. The van der Waals surface area contributed by atoms with Crippen LogP contribution in [-0.2, 0) is 18.1 Å². The lowest BCUT2D eigenvalue weighted by atomic mass is 9.84. The van der Waals surface area contributed by atoms with Crippen LogP contribution < -0.4 is 0 Å². The number of hydrogen-bond acceptors (Lipinski definition) is 6. The third-order valence-electron chi connectivity index (χ3n) is 4.85. The Kier molecular flexibility index (Phi) is 6.04. The van der Waals surface area contributed by atoms with Gasteiger partial charge in [0, 0.05) is 29.6 Å². The highest BCUT2D eigenvalue weighted by atomic mass is 19.3. The SMILES string of the molecule is OC(Cn1cnnn1)(c1ccc(F)cc1F)C(F)(F)c1ccc(C#Cc2ncccc2F)cn1. The molecule has 0 saturated heterocycles. The lowest BCUT2D eigenvalue weighted by Gasteiger charge is -2.35. The van der Waals surface area contributed by atoms with Crippen molar-refractivity contribution < 1.29 is 27.1 Å². The third kappa shape index (κ3) is 4.33. The topological polar surface area (TPSA) is 89.6 Å². The Labute approximate surface area is 188 Å². The molecule has 0 aliphatic carbocycles. The van der Waals surface area contributed by atoms with Gasteiger partial charge in [0.25, 0.3) is 0 Å². The summed E-state index contributed by atoms with van der Waals surface area (Å²) in [5.74, 6) is -2.25. The van der Waals surface area contributed by atoms with Gasteiger partial charge in [-0.05, 0) is 52.7 Å². The molecule has 3 aromatic heterocycles. The van der Waals surface area contributed by atoms with Crippen molar-refractivity contribution >= 4 is 0 Å². The predicted octanol–water partition coefficient (Wildman–Crippen LogP) is 2.96. The Morgan fingerprint density at radius 1 is 0.971 bits per heavy atom. The van der Waals surface area contributed by atoms with Crippen molar-refractivity contribution in [2.24, 2.45) is 0 Å². The molecule has 172 valence electrons. The Hall–Kier alpha value is -4.24. The second kappa shape index (κ2) is 8.95. The molecule has 0 fully saturated rings. The van der Waals surface area contributed by atoms with Gasteiger partial charge in [-0.1, -0.05) is 5.92 Å². The number of tetrazole rings is 1. The van der Waals surface area contributed by atoms with Crippen molar-refractivity contribution in [1.82, 2.24) is 30.2 Å². The fourth-order valence-electron chi connectivity index (χ4n) is 3.14. The number of aromatic nitrogens is 6. The zero-order chi connectivity index (χ0) is 24.3. The van der Waals surface area contributed by atoms with Gasteiger partial charge in [0.2, 0.25) is 0 Å². The lowest BCUT2D eigenvalue weighted by Crippen LogP contribution is -2.48. The fraction of sp³-hybridized carbons (Fsp3) is 0.136. The first-order chi connectivity index (χ1) is 16.2. The lowest BCUT2D eigenvalue weighted by molar-refractivity contribution is -0.207. The van der Waals surface area contributed by atoms with E-state index < -0.39 is 46.8 Å². The summed E-state index contributed by atoms with van der Waals surface area (Å²) in [5.41, 5.74) is -5.05. The van der Waals surface area contributed by atoms with Gasteiger partial charge in [0.15, 0.2) is 11.4 Å². The van der Waals surface area contributed by atoms with E-state index in [4.69, 9.17) is 0 Å². The first-order valence-electron chi connectivity index (χ1n) is 9.56. The highest BCUT2D eigenvalue weighted by molar-refractivity contribution is 5.40. The molecule has 0 aliphatic heterocycles. The molecule has 1 N–H and O–H groups in total. The molecule has 1 unspecified atom stereocenters. The molecular weight excluding hydrogens is 459 g/mol. The molecule has 0 bridgehead atoms. The monoisotopic (exact) mass is 472 g/mol. The summed E-state index contributed by atoms with van der Waals surface area (Å²) in [5, 5.41) is 21.2. The molecule has 4 aromatic rings. The minimum absolute atomic E-state index is 0.139. The van der Waals surface area contributed by atoms with E-state index in [0.717, 1.165) is 29.3 Å². The Morgan fingerprint density at radius 2 is 1.79 bits per heavy atom. The Bertz CT molecular complexity index is 1370. The van der Waals surface area contributed by atoms with Crippen LogP contribution in [0, 0.1) is 29.3 Å². The van der Waals surface area contributed by atoms with Crippen molar-refractivity contribution in [3.63, 3.8) is 0 Å². The first kappa shape index (κ1) is 22.9. The summed E-state index contributed by atoms with van der Waals surface area (Å²) in [6.45, 7) is -0.974. The molecule has 12 heteroatoms. The smallest absolute Gasteiger partial charge is 0.323 e. The van der Waals surface area contributed by atoms with Crippen LogP contribution in [0.25, 0.3) is 0 Å².